The van der Waals surface area contributed by atoms with Crippen LogP contribution in [0.25, 0.3) is 0 Å². The minimum absolute atomic E-state index is 0.178. The van der Waals surface area contributed by atoms with Gasteiger partial charge in [0.15, 0.2) is 0 Å². The molecule has 0 saturated carbocycles. The van der Waals surface area contributed by atoms with Gasteiger partial charge in [0.2, 0.25) is 5.91 Å². The summed E-state index contributed by atoms with van der Waals surface area (Å²) >= 11 is 0. The fourth-order valence-electron chi connectivity index (χ4n) is 1.23. The molecule has 1 aliphatic rings. The Morgan fingerprint density at radius 1 is 1.38 bits per heavy atom. The predicted octanol–water partition coefficient (Wildman–Crippen LogP) is 1.94. The maximum absolute atomic E-state index is 10.9. The van der Waals surface area contributed by atoms with Crippen LogP contribution < -0.4 is 5.73 Å². The fourth-order valence-corrected chi connectivity index (χ4v) is 1.23. The Morgan fingerprint density at radius 3 is 2.77 bits per heavy atom. The lowest BCUT2D eigenvalue weighted by Gasteiger charge is -2.09. The molecule has 70 valence electrons. The molecule has 0 fully saturated rings. The number of allylic oxidation sites excluding steroid dienone is 5. The third kappa shape index (κ3) is 2.90. The van der Waals surface area contributed by atoms with Crippen molar-refractivity contribution >= 4 is 5.91 Å². The molecule has 0 aromatic heterocycles. The first-order valence-corrected chi connectivity index (χ1v) is 4.52. The highest BCUT2D eigenvalue weighted by Gasteiger charge is 2.11. The molecule has 0 aromatic carbocycles. The van der Waals surface area contributed by atoms with E-state index >= 15 is 0 Å². The highest BCUT2D eigenvalue weighted by atomic mass is 16.1. The van der Waals surface area contributed by atoms with Crippen LogP contribution in [0, 0.1) is 5.92 Å². The molecule has 0 radical (unpaired) electrons. The zero-order valence-electron chi connectivity index (χ0n) is 7.86. The van der Waals surface area contributed by atoms with Gasteiger partial charge in [0.1, 0.15) is 0 Å². The number of carbonyl (C=O) groups excluding carboxylic acids is 1. The van der Waals surface area contributed by atoms with Crippen LogP contribution in [0.2, 0.25) is 0 Å². The molecule has 1 aliphatic carbocycles. The van der Waals surface area contributed by atoms with Crippen LogP contribution in [-0.4, -0.2) is 5.91 Å². The third-order valence-corrected chi connectivity index (χ3v) is 2.17. The predicted molar refractivity (Wildman–Crippen MR) is 54.0 cm³/mol. The molecule has 1 rings (SSSR count). The number of carbonyl (C=O) groups is 1. The summed E-state index contributed by atoms with van der Waals surface area (Å²) in [7, 11) is 0. The van der Waals surface area contributed by atoms with E-state index in [-0.39, 0.29) is 11.8 Å². The van der Waals surface area contributed by atoms with E-state index in [4.69, 9.17) is 5.73 Å². The van der Waals surface area contributed by atoms with Crippen LogP contribution in [0.15, 0.2) is 36.0 Å². The number of primary amides is 1. The molecule has 1 amide bonds. The minimum atomic E-state index is -0.263. The van der Waals surface area contributed by atoms with Gasteiger partial charge in [0.05, 0.1) is 5.92 Å². The first kappa shape index (κ1) is 9.78. The fraction of sp³-hybridized carbons (Fsp3) is 0.364. The van der Waals surface area contributed by atoms with Crippen LogP contribution >= 0.6 is 0 Å². The van der Waals surface area contributed by atoms with Crippen LogP contribution in [0.3, 0.4) is 0 Å². The molecule has 1 atom stereocenters. The number of amides is 1. The summed E-state index contributed by atoms with van der Waals surface area (Å²) < 4.78 is 0. The minimum Gasteiger partial charge on any atom is -0.369 e. The van der Waals surface area contributed by atoms with Gasteiger partial charge < -0.3 is 5.73 Å². The second kappa shape index (κ2) is 4.65. The van der Waals surface area contributed by atoms with E-state index in [2.05, 4.69) is 12.2 Å². The maximum Gasteiger partial charge on any atom is 0.224 e. The molecule has 0 bridgehead atoms. The monoisotopic (exact) mass is 177 g/mol. The summed E-state index contributed by atoms with van der Waals surface area (Å²) in [5.41, 5.74) is 6.25. The summed E-state index contributed by atoms with van der Waals surface area (Å²) in [5, 5.41) is 0. The average Bonchev–Trinajstić information content (AvgIpc) is 2.02. The zero-order valence-corrected chi connectivity index (χ0v) is 7.86. The van der Waals surface area contributed by atoms with Crippen molar-refractivity contribution in [3.63, 3.8) is 0 Å². The molecule has 2 heteroatoms. The standard InChI is InChI=1S/C11H15NO/c1-9(11(12)13)10-7-5-3-2-4-6-8-10/h2-3,6-9H,4-5H2,1H3,(H2,12,13)/b3-2-,8-6-,10-7+/t9-/m0/s1. The Bertz CT molecular complexity index is 274. The lowest BCUT2D eigenvalue weighted by molar-refractivity contribution is -0.120. The molecular weight excluding hydrogens is 162 g/mol. The quantitative estimate of drug-likeness (QED) is 0.643. The lowest BCUT2D eigenvalue weighted by atomic mass is 9.97. The summed E-state index contributed by atoms with van der Waals surface area (Å²) in [6.07, 6.45) is 12.1. The molecule has 2 N–H and O–H groups in total. The molecule has 0 aromatic rings. The van der Waals surface area contributed by atoms with Gasteiger partial charge in [-0.25, -0.2) is 0 Å². The van der Waals surface area contributed by atoms with Gasteiger partial charge in [-0.05, 0) is 25.3 Å². The van der Waals surface area contributed by atoms with E-state index in [0.29, 0.717) is 0 Å². The van der Waals surface area contributed by atoms with Gasteiger partial charge in [-0.1, -0.05) is 30.4 Å². The Balaban J connectivity index is 2.77. The van der Waals surface area contributed by atoms with Crippen molar-refractivity contribution in [3.05, 3.63) is 36.0 Å². The van der Waals surface area contributed by atoms with Crippen LogP contribution in [0.1, 0.15) is 19.8 Å². The van der Waals surface area contributed by atoms with E-state index < -0.39 is 0 Å². The molecule has 0 heterocycles. The number of nitrogens with two attached hydrogens (primary N) is 1. The Labute approximate surface area is 78.8 Å². The molecule has 0 spiro atoms. The highest BCUT2D eigenvalue weighted by molar-refractivity contribution is 5.80. The summed E-state index contributed by atoms with van der Waals surface area (Å²) in [6.45, 7) is 1.84. The van der Waals surface area contributed by atoms with Crippen LogP contribution in [0.4, 0.5) is 0 Å². The average molecular weight is 177 g/mol. The molecule has 0 saturated heterocycles. The molecule has 0 unspecified atom stereocenters. The normalized spacial score (nSPS) is 27.6. The van der Waals surface area contributed by atoms with Gasteiger partial charge in [-0.2, -0.15) is 0 Å². The molecule has 13 heavy (non-hydrogen) atoms. The van der Waals surface area contributed by atoms with Crippen molar-refractivity contribution in [1.29, 1.82) is 0 Å². The van der Waals surface area contributed by atoms with Crippen molar-refractivity contribution < 1.29 is 4.79 Å². The van der Waals surface area contributed by atoms with Crippen molar-refractivity contribution in [2.24, 2.45) is 11.7 Å². The number of rotatable bonds is 2. The van der Waals surface area contributed by atoms with Crippen molar-refractivity contribution in [1.82, 2.24) is 0 Å². The van der Waals surface area contributed by atoms with Crippen LogP contribution in [0.5, 0.6) is 0 Å². The first-order chi connectivity index (χ1) is 6.22. The van der Waals surface area contributed by atoms with Crippen molar-refractivity contribution in [3.8, 4) is 0 Å². The number of hydrogen-bond donors (Lipinski definition) is 1. The Morgan fingerprint density at radius 2 is 2.08 bits per heavy atom. The van der Waals surface area contributed by atoms with E-state index in [9.17, 15) is 4.79 Å². The molecule has 0 aliphatic heterocycles. The Hall–Kier alpha value is -1.31. The largest absolute Gasteiger partial charge is 0.369 e. The lowest BCUT2D eigenvalue weighted by Crippen LogP contribution is -2.21. The highest BCUT2D eigenvalue weighted by Crippen LogP contribution is 2.14. The molecule has 2 nitrogen and oxygen atoms in total. The first-order valence-electron chi connectivity index (χ1n) is 4.52. The SMILES string of the molecule is C[C@H](C(N)=O)C1=C/C/C=C\C/C=C\1. The van der Waals surface area contributed by atoms with E-state index in [1.54, 1.807) is 0 Å². The second-order valence-corrected chi connectivity index (χ2v) is 3.17. The van der Waals surface area contributed by atoms with E-state index in [1.165, 1.54) is 0 Å². The van der Waals surface area contributed by atoms with Gasteiger partial charge >= 0.3 is 0 Å². The maximum atomic E-state index is 10.9. The van der Waals surface area contributed by atoms with Crippen molar-refractivity contribution in [2.75, 3.05) is 0 Å². The van der Waals surface area contributed by atoms with Crippen LogP contribution in [-0.2, 0) is 4.79 Å². The topological polar surface area (TPSA) is 43.1 Å². The van der Waals surface area contributed by atoms with E-state index in [1.807, 2.05) is 25.2 Å². The summed E-state index contributed by atoms with van der Waals surface area (Å²) in [4.78, 5) is 10.9. The summed E-state index contributed by atoms with van der Waals surface area (Å²) in [6, 6.07) is 0. The smallest absolute Gasteiger partial charge is 0.224 e. The third-order valence-electron chi connectivity index (χ3n) is 2.17. The van der Waals surface area contributed by atoms with Gasteiger partial charge in [0.25, 0.3) is 0 Å². The zero-order chi connectivity index (χ0) is 9.68. The van der Waals surface area contributed by atoms with Gasteiger partial charge in [-0.15, -0.1) is 0 Å². The summed E-state index contributed by atoms with van der Waals surface area (Å²) in [5.74, 6) is -0.441. The second-order valence-electron chi connectivity index (χ2n) is 3.17. The van der Waals surface area contributed by atoms with Gasteiger partial charge in [-0.3, -0.25) is 4.79 Å². The van der Waals surface area contributed by atoms with E-state index in [0.717, 1.165) is 18.4 Å². The van der Waals surface area contributed by atoms with Crippen molar-refractivity contribution in [2.45, 2.75) is 19.8 Å². The number of hydrogen-bond acceptors (Lipinski definition) is 1. The van der Waals surface area contributed by atoms with Gasteiger partial charge in [0, 0.05) is 0 Å². The molecular formula is C11H15NO. The Kier molecular flexibility index (Phi) is 3.50.